The summed E-state index contributed by atoms with van der Waals surface area (Å²) in [5.74, 6) is 0.201. The van der Waals surface area contributed by atoms with Gasteiger partial charge in [-0.1, -0.05) is 35.9 Å². The van der Waals surface area contributed by atoms with E-state index < -0.39 is 5.82 Å². The van der Waals surface area contributed by atoms with E-state index in [-0.39, 0.29) is 11.1 Å². The Balaban J connectivity index is 1.97. The van der Waals surface area contributed by atoms with Gasteiger partial charge in [0.15, 0.2) is 0 Å². The zero-order chi connectivity index (χ0) is 17.1. The van der Waals surface area contributed by atoms with Crippen molar-refractivity contribution in [2.45, 2.75) is 17.9 Å². The van der Waals surface area contributed by atoms with E-state index >= 15 is 0 Å². The lowest BCUT2D eigenvalue weighted by atomic mass is 10.0. The molecule has 0 amide bonds. The molecule has 7 heteroatoms. The number of nitrogens with one attached hydrogen (secondary N) is 2. The number of hydrogen-bond donors (Lipinski definition) is 2. The number of ether oxygens (including phenoxy) is 1. The minimum atomic E-state index is -0.434. The molecule has 0 aliphatic carbocycles. The Morgan fingerprint density at radius 3 is 2.79 bits per heavy atom. The molecule has 1 atom stereocenters. The maximum Gasteiger partial charge on any atom is 0.206 e. The Morgan fingerprint density at radius 2 is 2.00 bits per heavy atom. The highest BCUT2D eigenvalue weighted by Crippen LogP contribution is 2.40. The first kappa shape index (κ1) is 17.1. The van der Waals surface area contributed by atoms with E-state index in [0.717, 1.165) is 16.1 Å². The summed E-state index contributed by atoms with van der Waals surface area (Å²) in [6, 6.07) is 10.6. The molecule has 0 aromatic heterocycles. The molecule has 4 nitrogen and oxygen atoms in total. The van der Waals surface area contributed by atoms with Gasteiger partial charge in [0.25, 0.3) is 0 Å². The van der Waals surface area contributed by atoms with Crippen molar-refractivity contribution in [1.29, 1.82) is 0 Å². The summed E-state index contributed by atoms with van der Waals surface area (Å²) in [7, 11) is 1.65. The molecule has 2 aromatic rings. The van der Waals surface area contributed by atoms with Crippen molar-refractivity contribution in [2.24, 2.45) is 4.99 Å². The third-order valence-corrected chi connectivity index (χ3v) is 4.92. The van der Waals surface area contributed by atoms with Crippen LogP contribution in [-0.2, 0) is 4.74 Å². The highest BCUT2D eigenvalue weighted by Gasteiger charge is 2.20. The molecular formula is C17H17ClFN3OS. The van der Waals surface area contributed by atoms with Gasteiger partial charge in [-0.2, -0.15) is 0 Å². The fourth-order valence-corrected chi connectivity index (χ4v) is 3.25. The quantitative estimate of drug-likeness (QED) is 0.780. The molecule has 0 fully saturated rings. The number of para-hydroxylation sites is 1. The number of guanidine groups is 1. The third-order valence-electron chi connectivity index (χ3n) is 3.68. The second-order valence-corrected chi connectivity index (χ2v) is 6.57. The molecule has 0 unspecified atom stereocenters. The number of hydrogen-bond acceptors (Lipinski definition) is 3. The van der Waals surface area contributed by atoms with Gasteiger partial charge in [0, 0.05) is 18.2 Å². The van der Waals surface area contributed by atoms with Crippen LogP contribution < -0.4 is 10.0 Å². The number of fused-ring (bicyclic) bond motifs is 1. The van der Waals surface area contributed by atoms with Gasteiger partial charge in [-0.25, -0.2) is 9.38 Å². The van der Waals surface area contributed by atoms with Gasteiger partial charge in [0.2, 0.25) is 5.96 Å². The molecule has 3 rings (SSSR count). The highest BCUT2D eigenvalue weighted by atomic mass is 35.5. The predicted octanol–water partition coefficient (Wildman–Crippen LogP) is 4.56. The van der Waals surface area contributed by atoms with Gasteiger partial charge in [-0.3, -0.25) is 4.72 Å². The zero-order valence-electron chi connectivity index (χ0n) is 13.3. The number of rotatable bonds is 4. The van der Waals surface area contributed by atoms with Gasteiger partial charge in [0.1, 0.15) is 5.82 Å². The molecule has 0 radical (unpaired) electrons. The van der Waals surface area contributed by atoms with Crippen LogP contribution >= 0.6 is 23.5 Å². The van der Waals surface area contributed by atoms with Gasteiger partial charge >= 0.3 is 0 Å². The van der Waals surface area contributed by atoms with Crippen molar-refractivity contribution in [1.82, 2.24) is 4.72 Å². The van der Waals surface area contributed by atoms with Crippen LogP contribution in [0.15, 0.2) is 46.3 Å². The van der Waals surface area contributed by atoms with E-state index in [4.69, 9.17) is 16.3 Å². The minimum absolute atomic E-state index is 0.0282. The summed E-state index contributed by atoms with van der Waals surface area (Å²) in [5, 5.41) is 3.39. The first-order valence-corrected chi connectivity index (χ1v) is 8.64. The third kappa shape index (κ3) is 3.50. The molecule has 0 saturated heterocycles. The summed E-state index contributed by atoms with van der Waals surface area (Å²) in [6.45, 7) is 2.48. The molecule has 1 aliphatic rings. The zero-order valence-corrected chi connectivity index (χ0v) is 14.8. The second kappa shape index (κ2) is 7.42. The fraction of sp³-hybridized carbons (Fsp3) is 0.235. The summed E-state index contributed by atoms with van der Waals surface area (Å²) in [6.07, 6.45) is 0.0282. The molecule has 24 heavy (non-hydrogen) atoms. The maximum absolute atomic E-state index is 13.8. The number of anilines is 1. The van der Waals surface area contributed by atoms with Crippen molar-refractivity contribution in [2.75, 3.05) is 19.0 Å². The van der Waals surface area contributed by atoms with E-state index in [1.807, 2.05) is 25.1 Å². The van der Waals surface area contributed by atoms with Crippen LogP contribution in [0.3, 0.4) is 0 Å². The number of halogens is 2. The topological polar surface area (TPSA) is 45.6 Å². The van der Waals surface area contributed by atoms with E-state index in [1.54, 1.807) is 19.2 Å². The van der Waals surface area contributed by atoms with Crippen LogP contribution in [0.5, 0.6) is 0 Å². The van der Waals surface area contributed by atoms with E-state index in [1.165, 1.54) is 18.0 Å². The number of nitrogens with zero attached hydrogens (tertiary/aromatic N) is 1. The standard InChI is InChI=1S/C17H17ClFN3OS/c1-10(23-2)9-20-17-21-16-12(6-4-8-14(16)24-22-17)11-5-3-7-13(19)15(11)18/h3-8,10H,9H2,1-2H3,(H2,20,21,22)/t10-/m1/s1. The fourth-order valence-electron chi connectivity index (χ4n) is 2.29. The van der Waals surface area contributed by atoms with Gasteiger partial charge in [0.05, 0.1) is 28.3 Å². The minimum Gasteiger partial charge on any atom is -0.380 e. The predicted molar refractivity (Wildman–Crippen MR) is 98.2 cm³/mol. The Bertz CT molecular complexity index is 784. The molecule has 2 N–H and O–H groups in total. The van der Waals surface area contributed by atoms with E-state index in [0.29, 0.717) is 18.1 Å². The average Bonchev–Trinajstić information content (AvgIpc) is 2.61. The van der Waals surface area contributed by atoms with Crippen LogP contribution in [0.2, 0.25) is 5.02 Å². The van der Waals surface area contributed by atoms with Gasteiger partial charge in [-0.05, 0) is 31.0 Å². The van der Waals surface area contributed by atoms with Crippen LogP contribution in [-0.4, -0.2) is 25.7 Å². The van der Waals surface area contributed by atoms with Crippen LogP contribution in [0, 0.1) is 5.82 Å². The molecule has 0 saturated carbocycles. The largest absolute Gasteiger partial charge is 0.380 e. The first-order chi connectivity index (χ1) is 11.6. The lowest BCUT2D eigenvalue weighted by molar-refractivity contribution is 0.125. The SMILES string of the molecule is CO[C@H](C)CN=C1NSc2cccc(-c3cccc(F)c3Cl)c2N1. The molecule has 1 aliphatic heterocycles. The molecule has 1 heterocycles. The summed E-state index contributed by atoms with van der Waals surface area (Å²) >= 11 is 7.61. The summed E-state index contributed by atoms with van der Waals surface area (Å²) < 4.78 is 22.2. The Labute approximate surface area is 149 Å². The van der Waals surface area contributed by atoms with Crippen LogP contribution in [0.1, 0.15) is 6.92 Å². The normalized spacial score (nSPS) is 16.2. The first-order valence-electron chi connectivity index (χ1n) is 7.44. The van der Waals surface area contributed by atoms with Crippen molar-refractivity contribution in [3.63, 3.8) is 0 Å². The highest BCUT2D eigenvalue weighted by molar-refractivity contribution is 7.98. The van der Waals surface area contributed by atoms with Gasteiger partial charge in [-0.15, -0.1) is 0 Å². The van der Waals surface area contributed by atoms with Crippen LogP contribution in [0.25, 0.3) is 11.1 Å². The molecule has 2 aromatic carbocycles. The number of methoxy groups -OCH3 is 1. The average molecular weight is 366 g/mol. The lowest BCUT2D eigenvalue weighted by Crippen LogP contribution is -2.30. The summed E-state index contributed by atoms with van der Waals surface area (Å²) in [4.78, 5) is 5.46. The Morgan fingerprint density at radius 1 is 1.25 bits per heavy atom. The van der Waals surface area contributed by atoms with Crippen molar-refractivity contribution in [3.05, 3.63) is 47.2 Å². The number of aliphatic imine (C=N–C) groups is 1. The summed E-state index contributed by atoms with van der Waals surface area (Å²) in [5.41, 5.74) is 2.34. The van der Waals surface area contributed by atoms with E-state index in [2.05, 4.69) is 15.0 Å². The van der Waals surface area contributed by atoms with Crippen LogP contribution in [0.4, 0.5) is 10.1 Å². The van der Waals surface area contributed by atoms with Gasteiger partial charge < -0.3 is 10.1 Å². The molecule has 0 spiro atoms. The van der Waals surface area contributed by atoms with Crippen molar-refractivity contribution >= 4 is 35.2 Å². The molecule has 126 valence electrons. The van der Waals surface area contributed by atoms with Crippen molar-refractivity contribution in [3.8, 4) is 11.1 Å². The smallest absolute Gasteiger partial charge is 0.206 e. The molecular weight excluding hydrogens is 349 g/mol. The van der Waals surface area contributed by atoms with E-state index in [9.17, 15) is 4.39 Å². The van der Waals surface area contributed by atoms with Crippen molar-refractivity contribution < 1.29 is 9.13 Å². The number of benzene rings is 2. The monoisotopic (exact) mass is 365 g/mol. The Hall–Kier alpha value is -1.76. The Kier molecular flexibility index (Phi) is 5.28. The second-order valence-electron chi connectivity index (χ2n) is 5.34. The lowest BCUT2D eigenvalue weighted by Gasteiger charge is -2.23. The maximum atomic E-state index is 13.8. The molecule has 0 bridgehead atoms.